The topological polar surface area (TPSA) is 42.1 Å². The smallest absolute Gasteiger partial charge is 0.131 e. The molecule has 0 amide bonds. The zero-order valence-corrected chi connectivity index (χ0v) is 11.8. The van der Waals surface area contributed by atoms with E-state index in [0.717, 1.165) is 36.4 Å². The highest BCUT2D eigenvalue weighted by Gasteiger charge is 2.20. The third-order valence-corrected chi connectivity index (χ3v) is 4.09. The summed E-state index contributed by atoms with van der Waals surface area (Å²) < 4.78 is 0. The molecule has 0 radical (unpaired) electrons. The number of nitrogen functional groups attached to an aromatic ring is 1. The molecule has 0 aliphatic carbocycles. The molecule has 0 aromatic carbocycles. The van der Waals surface area contributed by atoms with Crippen molar-refractivity contribution in [3.8, 4) is 0 Å². The summed E-state index contributed by atoms with van der Waals surface area (Å²) in [6.45, 7) is 9.03. The Morgan fingerprint density at radius 2 is 2.11 bits per heavy atom. The van der Waals surface area contributed by atoms with Gasteiger partial charge < -0.3 is 10.6 Å². The molecule has 1 fully saturated rings. The molecule has 1 aliphatic rings. The first-order chi connectivity index (χ1) is 8.58. The van der Waals surface area contributed by atoms with E-state index in [2.05, 4.69) is 30.7 Å². The fraction of sp³-hybridized carbons (Fsp3) is 0.667. The normalized spacial score (nSPS) is 21.1. The predicted octanol–water partition coefficient (Wildman–Crippen LogP) is 3.23. The first-order valence-electron chi connectivity index (χ1n) is 7.05. The molecule has 18 heavy (non-hydrogen) atoms. The lowest BCUT2D eigenvalue weighted by molar-refractivity contribution is 0.351. The van der Waals surface area contributed by atoms with Crippen LogP contribution in [0.15, 0.2) is 12.3 Å². The van der Waals surface area contributed by atoms with E-state index in [9.17, 15) is 0 Å². The van der Waals surface area contributed by atoms with Crippen molar-refractivity contribution in [3.05, 3.63) is 17.8 Å². The molecule has 0 saturated carbocycles. The Balaban J connectivity index is 2.10. The summed E-state index contributed by atoms with van der Waals surface area (Å²) in [5.41, 5.74) is 7.72. The highest BCUT2D eigenvalue weighted by Crippen LogP contribution is 2.28. The Morgan fingerprint density at radius 1 is 1.33 bits per heavy atom. The van der Waals surface area contributed by atoms with Crippen LogP contribution in [0.1, 0.15) is 38.7 Å². The number of aromatic nitrogens is 1. The van der Waals surface area contributed by atoms with E-state index in [0.29, 0.717) is 0 Å². The van der Waals surface area contributed by atoms with Crippen LogP contribution in [0.5, 0.6) is 0 Å². The summed E-state index contributed by atoms with van der Waals surface area (Å²) in [5.74, 6) is 2.78. The van der Waals surface area contributed by atoms with Gasteiger partial charge >= 0.3 is 0 Å². The van der Waals surface area contributed by atoms with Gasteiger partial charge in [-0.1, -0.05) is 13.8 Å². The van der Waals surface area contributed by atoms with Crippen LogP contribution in [0.2, 0.25) is 0 Å². The van der Waals surface area contributed by atoms with Crippen molar-refractivity contribution in [2.24, 2.45) is 11.8 Å². The Morgan fingerprint density at radius 3 is 2.78 bits per heavy atom. The molecule has 2 N–H and O–H groups in total. The fourth-order valence-corrected chi connectivity index (χ4v) is 2.92. The minimum absolute atomic E-state index is 0.756. The molecule has 3 nitrogen and oxygen atoms in total. The van der Waals surface area contributed by atoms with Crippen LogP contribution < -0.4 is 10.6 Å². The van der Waals surface area contributed by atoms with Crippen molar-refractivity contribution in [2.75, 3.05) is 23.7 Å². The average Bonchev–Trinajstić information content (AvgIpc) is 2.54. The second-order valence-corrected chi connectivity index (χ2v) is 5.83. The second kappa shape index (κ2) is 5.59. The molecule has 100 valence electrons. The number of hydrogen-bond acceptors (Lipinski definition) is 3. The van der Waals surface area contributed by atoms with Crippen LogP contribution >= 0.6 is 0 Å². The highest BCUT2D eigenvalue weighted by atomic mass is 15.2. The number of anilines is 2. The van der Waals surface area contributed by atoms with Gasteiger partial charge in [0.25, 0.3) is 0 Å². The first kappa shape index (κ1) is 13.2. The van der Waals surface area contributed by atoms with Gasteiger partial charge in [-0.25, -0.2) is 4.98 Å². The summed E-state index contributed by atoms with van der Waals surface area (Å²) in [6.07, 6.45) is 5.67. The van der Waals surface area contributed by atoms with E-state index in [4.69, 9.17) is 5.73 Å². The summed E-state index contributed by atoms with van der Waals surface area (Å²) >= 11 is 0. The monoisotopic (exact) mass is 247 g/mol. The highest BCUT2D eigenvalue weighted by molar-refractivity contribution is 5.52. The molecule has 1 aromatic rings. The summed E-state index contributed by atoms with van der Waals surface area (Å²) in [6, 6.07) is 2.02. The zero-order valence-electron chi connectivity index (χ0n) is 11.8. The average molecular weight is 247 g/mol. The molecule has 2 rings (SSSR count). The van der Waals surface area contributed by atoms with E-state index in [1.165, 1.54) is 24.8 Å². The minimum atomic E-state index is 0.756. The van der Waals surface area contributed by atoms with Crippen LogP contribution in [-0.2, 0) is 0 Å². The van der Waals surface area contributed by atoms with Crippen LogP contribution in [0.25, 0.3) is 0 Å². The van der Waals surface area contributed by atoms with Gasteiger partial charge in [0.05, 0.1) is 11.9 Å². The molecule has 2 heterocycles. The van der Waals surface area contributed by atoms with Gasteiger partial charge in [-0.15, -0.1) is 0 Å². The molecule has 1 aromatic heterocycles. The van der Waals surface area contributed by atoms with Crippen molar-refractivity contribution in [1.82, 2.24) is 4.98 Å². The molecule has 1 atom stereocenters. The SMILES string of the molecule is Cc1cc(N)cnc1N1CCCC(C(C)C)CC1. The van der Waals surface area contributed by atoms with Crippen molar-refractivity contribution < 1.29 is 0 Å². The molecule has 1 saturated heterocycles. The van der Waals surface area contributed by atoms with Gasteiger partial charge in [0, 0.05) is 13.1 Å². The first-order valence-corrected chi connectivity index (χ1v) is 7.05. The maximum atomic E-state index is 5.77. The van der Waals surface area contributed by atoms with Crippen molar-refractivity contribution >= 4 is 11.5 Å². The minimum Gasteiger partial charge on any atom is -0.397 e. The van der Waals surface area contributed by atoms with E-state index in [1.54, 1.807) is 6.20 Å². The zero-order chi connectivity index (χ0) is 13.1. The van der Waals surface area contributed by atoms with Gasteiger partial charge in [0.15, 0.2) is 0 Å². The van der Waals surface area contributed by atoms with Gasteiger partial charge in [-0.3, -0.25) is 0 Å². The predicted molar refractivity (Wildman–Crippen MR) is 77.8 cm³/mol. The van der Waals surface area contributed by atoms with E-state index >= 15 is 0 Å². The Labute approximate surface area is 110 Å². The quantitative estimate of drug-likeness (QED) is 0.872. The van der Waals surface area contributed by atoms with E-state index in [-0.39, 0.29) is 0 Å². The Hall–Kier alpha value is -1.25. The lowest BCUT2D eigenvalue weighted by Gasteiger charge is -2.24. The number of nitrogens with zero attached hydrogens (tertiary/aromatic N) is 2. The molecule has 0 bridgehead atoms. The number of nitrogens with two attached hydrogens (primary N) is 1. The molecule has 1 unspecified atom stereocenters. The standard InChI is InChI=1S/C15H25N3/c1-11(2)13-5-4-7-18(8-6-13)15-12(3)9-14(16)10-17-15/h9-11,13H,4-8,16H2,1-3H3. The van der Waals surface area contributed by atoms with Crippen LogP contribution in [0.4, 0.5) is 11.5 Å². The van der Waals surface area contributed by atoms with E-state index in [1.807, 2.05) is 6.07 Å². The van der Waals surface area contributed by atoms with Gasteiger partial charge in [0.2, 0.25) is 0 Å². The molecular formula is C15H25N3. The van der Waals surface area contributed by atoms with E-state index < -0.39 is 0 Å². The van der Waals surface area contributed by atoms with Crippen LogP contribution in [0, 0.1) is 18.8 Å². The summed E-state index contributed by atoms with van der Waals surface area (Å²) in [5, 5.41) is 0. The van der Waals surface area contributed by atoms with Gasteiger partial charge in [0.1, 0.15) is 5.82 Å². The number of aryl methyl sites for hydroxylation is 1. The molecule has 0 spiro atoms. The third-order valence-electron chi connectivity index (χ3n) is 4.09. The summed E-state index contributed by atoms with van der Waals surface area (Å²) in [7, 11) is 0. The number of hydrogen-bond donors (Lipinski definition) is 1. The molecular weight excluding hydrogens is 222 g/mol. The molecule has 1 aliphatic heterocycles. The Kier molecular flexibility index (Phi) is 4.10. The van der Waals surface area contributed by atoms with Crippen LogP contribution in [0.3, 0.4) is 0 Å². The third kappa shape index (κ3) is 2.95. The van der Waals surface area contributed by atoms with Crippen LogP contribution in [-0.4, -0.2) is 18.1 Å². The second-order valence-electron chi connectivity index (χ2n) is 5.83. The lowest BCUT2D eigenvalue weighted by Crippen LogP contribution is -2.26. The van der Waals surface area contributed by atoms with Gasteiger partial charge in [-0.05, 0) is 49.7 Å². The number of pyridine rings is 1. The summed E-state index contributed by atoms with van der Waals surface area (Å²) in [4.78, 5) is 6.94. The fourth-order valence-electron chi connectivity index (χ4n) is 2.92. The maximum absolute atomic E-state index is 5.77. The van der Waals surface area contributed by atoms with Gasteiger partial charge in [-0.2, -0.15) is 0 Å². The Bertz CT molecular complexity index is 401. The number of rotatable bonds is 2. The largest absolute Gasteiger partial charge is 0.397 e. The molecule has 3 heteroatoms. The van der Waals surface area contributed by atoms with Crippen molar-refractivity contribution in [3.63, 3.8) is 0 Å². The lowest BCUT2D eigenvalue weighted by atomic mass is 9.89. The van der Waals surface area contributed by atoms with Crippen molar-refractivity contribution in [1.29, 1.82) is 0 Å². The maximum Gasteiger partial charge on any atom is 0.131 e. The van der Waals surface area contributed by atoms with Crippen molar-refractivity contribution in [2.45, 2.75) is 40.0 Å².